The van der Waals surface area contributed by atoms with E-state index < -0.39 is 12.5 Å². The third-order valence-electron chi connectivity index (χ3n) is 2.13. The molecule has 0 heterocycles. The van der Waals surface area contributed by atoms with Gasteiger partial charge in [-0.25, -0.2) is 8.78 Å². The highest BCUT2D eigenvalue weighted by Gasteiger charge is 2.23. The van der Waals surface area contributed by atoms with E-state index in [-0.39, 0.29) is 18.0 Å². The second-order valence-corrected chi connectivity index (χ2v) is 3.94. The maximum Gasteiger partial charge on any atom is 0.257 e. The quantitative estimate of drug-likeness (QED) is 0.921. The summed E-state index contributed by atoms with van der Waals surface area (Å²) in [6.45, 7) is 0. The normalized spacial score (nSPS) is 11.9. The van der Waals surface area contributed by atoms with E-state index in [1.807, 2.05) is 0 Å². The Morgan fingerprint density at radius 2 is 1.71 bits per heavy atom. The van der Waals surface area contributed by atoms with Gasteiger partial charge < -0.3 is 15.2 Å². The Bertz CT molecular complexity index is 380. The molecule has 0 fully saturated rings. The van der Waals surface area contributed by atoms with Crippen molar-refractivity contribution < 1.29 is 18.3 Å². The Kier molecular flexibility index (Phi) is 6.74. The van der Waals surface area contributed by atoms with Crippen LogP contribution in [0.2, 0.25) is 0 Å². The van der Waals surface area contributed by atoms with E-state index in [0.29, 0.717) is 16.0 Å². The molecule has 0 unspecified atom stereocenters. The van der Waals surface area contributed by atoms with Gasteiger partial charge in [0.05, 0.1) is 24.7 Å². The van der Waals surface area contributed by atoms with Gasteiger partial charge in [0.15, 0.2) is 0 Å². The first-order valence-electron chi connectivity index (χ1n) is 4.46. The van der Waals surface area contributed by atoms with E-state index >= 15 is 0 Å². The summed E-state index contributed by atoms with van der Waals surface area (Å²) in [5.41, 5.74) is 5.61. The topological polar surface area (TPSA) is 44.5 Å². The van der Waals surface area contributed by atoms with Crippen molar-refractivity contribution in [3.05, 3.63) is 22.2 Å². The highest BCUT2D eigenvalue weighted by atomic mass is 79.9. The minimum Gasteiger partial charge on any atom is -0.496 e. The molecule has 0 bridgehead atoms. The summed E-state index contributed by atoms with van der Waals surface area (Å²) in [7, 11) is 2.85. The molecule has 0 saturated carbocycles. The highest BCUT2D eigenvalue weighted by Crippen LogP contribution is 2.36. The van der Waals surface area contributed by atoms with Crippen LogP contribution in [0.4, 0.5) is 8.78 Å². The number of methoxy groups -OCH3 is 2. The largest absolute Gasteiger partial charge is 0.496 e. The molecule has 17 heavy (non-hydrogen) atoms. The van der Waals surface area contributed by atoms with Gasteiger partial charge in [-0.05, 0) is 28.1 Å². The lowest BCUT2D eigenvalue weighted by molar-refractivity contribution is 0.115. The van der Waals surface area contributed by atoms with Crippen molar-refractivity contribution in [1.82, 2.24) is 0 Å². The van der Waals surface area contributed by atoms with Gasteiger partial charge in [-0.1, -0.05) is 0 Å². The predicted octanol–water partition coefficient (Wildman–Crippen LogP) is 3.15. The smallest absolute Gasteiger partial charge is 0.257 e. The van der Waals surface area contributed by atoms with Crippen LogP contribution in [0.15, 0.2) is 16.6 Å². The van der Waals surface area contributed by atoms with Crippen molar-refractivity contribution in [2.24, 2.45) is 5.73 Å². The Morgan fingerprint density at radius 1 is 1.18 bits per heavy atom. The maximum absolute atomic E-state index is 12.5. The molecule has 7 heteroatoms. The van der Waals surface area contributed by atoms with Crippen LogP contribution in [0.1, 0.15) is 11.6 Å². The van der Waals surface area contributed by atoms with Gasteiger partial charge in [0.1, 0.15) is 11.5 Å². The molecule has 1 rings (SSSR count). The van der Waals surface area contributed by atoms with Crippen LogP contribution < -0.4 is 15.2 Å². The summed E-state index contributed by atoms with van der Waals surface area (Å²) in [5, 5.41) is 0. The molecular weight excluding hydrogens is 319 g/mol. The molecule has 2 N–H and O–H groups in total. The highest BCUT2D eigenvalue weighted by molar-refractivity contribution is 9.10. The Hall–Kier alpha value is -0.590. The molecule has 3 nitrogen and oxygen atoms in total. The molecular formula is C10H13BrClF2NO2. The lowest BCUT2D eigenvalue weighted by Gasteiger charge is -2.17. The third-order valence-corrected chi connectivity index (χ3v) is 2.75. The number of halogens is 4. The second kappa shape index (κ2) is 6.98. The standard InChI is InChI=1S/C10H12BrF2NO2.ClH/c1-15-7-4-6(11)8(16-2)3-5(7)9(14)10(12)13;/h3-4,9-10H,14H2,1-2H3;1H/t9-;/m0./s1. The van der Waals surface area contributed by atoms with Gasteiger partial charge in [-0.3, -0.25) is 0 Å². The summed E-state index contributed by atoms with van der Waals surface area (Å²) in [6, 6.07) is 1.60. The van der Waals surface area contributed by atoms with Crippen LogP contribution in [-0.2, 0) is 0 Å². The van der Waals surface area contributed by atoms with Crippen LogP contribution in [-0.4, -0.2) is 20.6 Å². The third kappa shape index (κ3) is 3.69. The zero-order chi connectivity index (χ0) is 12.3. The summed E-state index contributed by atoms with van der Waals surface area (Å²) < 4.78 is 35.7. The molecule has 0 saturated heterocycles. The van der Waals surface area contributed by atoms with Crippen molar-refractivity contribution in [3.63, 3.8) is 0 Å². The van der Waals surface area contributed by atoms with Crippen LogP contribution in [0, 0.1) is 0 Å². The number of hydrogen-bond donors (Lipinski definition) is 1. The average molecular weight is 333 g/mol. The first-order chi connectivity index (χ1) is 7.51. The van der Waals surface area contributed by atoms with E-state index in [4.69, 9.17) is 15.2 Å². The summed E-state index contributed by atoms with van der Waals surface area (Å²) in [5.74, 6) is 0.743. The average Bonchev–Trinajstić information content (AvgIpc) is 2.27. The molecule has 0 aliphatic rings. The molecule has 0 amide bonds. The molecule has 1 aromatic carbocycles. The van der Waals surface area contributed by atoms with Crippen molar-refractivity contribution >= 4 is 28.3 Å². The molecule has 0 radical (unpaired) electrons. The molecule has 0 aliphatic heterocycles. The van der Waals surface area contributed by atoms with E-state index in [1.165, 1.54) is 20.3 Å². The Labute approximate surface area is 113 Å². The van der Waals surface area contributed by atoms with E-state index in [1.54, 1.807) is 6.07 Å². The first kappa shape index (κ1) is 16.4. The van der Waals surface area contributed by atoms with Gasteiger partial charge in [0.2, 0.25) is 0 Å². The monoisotopic (exact) mass is 331 g/mol. The van der Waals surface area contributed by atoms with Gasteiger partial charge >= 0.3 is 0 Å². The van der Waals surface area contributed by atoms with Crippen LogP contribution in [0.3, 0.4) is 0 Å². The van der Waals surface area contributed by atoms with Crippen molar-refractivity contribution in [2.45, 2.75) is 12.5 Å². The maximum atomic E-state index is 12.5. The number of alkyl halides is 2. The Morgan fingerprint density at radius 3 is 2.12 bits per heavy atom. The summed E-state index contributed by atoms with van der Waals surface area (Å²) in [6.07, 6.45) is -2.65. The van der Waals surface area contributed by atoms with Crippen LogP contribution >= 0.6 is 28.3 Å². The summed E-state index contributed by atoms with van der Waals surface area (Å²) in [4.78, 5) is 0. The van der Waals surface area contributed by atoms with Crippen molar-refractivity contribution in [3.8, 4) is 11.5 Å². The molecule has 0 aliphatic carbocycles. The zero-order valence-corrected chi connectivity index (χ0v) is 11.6. The van der Waals surface area contributed by atoms with Gasteiger partial charge in [0, 0.05) is 5.56 Å². The van der Waals surface area contributed by atoms with Gasteiger partial charge in [-0.15, -0.1) is 12.4 Å². The van der Waals surface area contributed by atoms with Gasteiger partial charge in [0.25, 0.3) is 6.43 Å². The molecule has 0 aromatic heterocycles. The first-order valence-corrected chi connectivity index (χ1v) is 5.25. The minimum atomic E-state index is -2.65. The zero-order valence-electron chi connectivity index (χ0n) is 9.25. The SMILES string of the molecule is COc1cc([C@H](N)C(F)F)c(OC)cc1Br.Cl. The predicted molar refractivity (Wildman–Crippen MR) is 67.4 cm³/mol. The van der Waals surface area contributed by atoms with E-state index in [2.05, 4.69) is 15.9 Å². The second-order valence-electron chi connectivity index (χ2n) is 3.09. The molecule has 1 aromatic rings. The lowest BCUT2D eigenvalue weighted by atomic mass is 10.1. The fourth-order valence-electron chi connectivity index (χ4n) is 1.28. The van der Waals surface area contributed by atoms with E-state index in [0.717, 1.165) is 0 Å². The number of rotatable bonds is 4. The number of hydrogen-bond acceptors (Lipinski definition) is 3. The molecule has 1 atom stereocenters. The number of benzene rings is 1. The summed E-state index contributed by atoms with van der Waals surface area (Å²) >= 11 is 3.24. The molecule has 0 spiro atoms. The molecule has 98 valence electrons. The van der Waals surface area contributed by atoms with Gasteiger partial charge in [-0.2, -0.15) is 0 Å². The van der Waals surface area contributed by atoms with Crippen LogP contribution in [0.5, 0.6) is 11.5 Å². The minimum absolute atomic E-state index is 0. The van der Waals surface area contributed by atoms with Crippen molar-refractivity contribution in [1.29, 1.82) is 0 Å². The Balaban J connectivity index is 0.00000256. The van der Waals surface area contributed by atoms with E-state index in [9.17, 15) is 8.78 Å². The number of ether oxygens (including phenoxy) is 2. The number of nitrogens with two attached hydrogens (primary N) is 1. The fraction of sp³-hybridized carbons (Fsp3) is 0.400. The fourth-order valence-corrected chi connectivity index (χ4v) is 1.76. The lowest BCUT2D eigenvalue weighted by Crippen LogP contribution is -2.19. The van der Waals surface area contributed by atoms with Crippen molar-refractivity contribution in [2.75, 3.05) is 14.2 Å². The van der Waals surface area contributed by atoms with Crippen LogP contribution in [0.25, 0.3) is 0 Å².